The van der Waals surface area contributed by atoms with Crippen LogP contribution in [0, 0.1) is 7.14 Å². The molecule has 0 aliphatic heterocycles. The van der Waals surface area contributed by atoms with Gasteiger partial charge in [0.1, 0.15) is 17.3 Å². The van der Waals surface area contributed by atoms with Crippen LogP contribution >= 0.6 is 45.2 Å². The molecule has 0 saturated heterocycles. The van der Waals surface area contributed by atoms with Crippen LogP contribution < -0.4 is 11.5 Å². The molecule has 2 rings (SSSR count). The molecule has 0 unspecified atom stereocenters. The standard InChI is InChI=1S/C10H12INO2.C9H10INO3/c1-10(12,9(13)14)6-7-3-2-4-8(11)5-7;10-6-3-5(1-2-8(6)12)4-7(11)9(13)14/h2-5H,6,12H2,1H3,(H,13,14);1-3,7,12H,4,11H2,(H,13,14)/t10-;7-/m00/s1. The molecule has 0 heterocycles. The average Bonchev–Trinajstić information content (AvgIpc) is 2.58. The fourth-order valence-electron chi connectivity index (χ4n) is 2.17. The van der Waals surface area contributed by atoms with Crippen molar-refractivity contribution >= 4 is 57.1 Å². The summed E-state index contributed by atoms with van der Waals surface area (Å²) in [4.78, 5) is 21.3. The molecule has 0 radical (unpaired) electrons. The zero-order valence-electron chi connectivity index (χ0n) is 15.1. The van der Waals surface area contributed by atoms with Crippen LogP contribution in [0.3, 0.4) is 0 Å². The minimum Gasteiger partial charge on any atom is -0.507 e. The van der Waals surface area contributed by atoms with Gasteiger partial charge in [0, 0.05) is 9.99 Å². The predicted octanol–water partition coefficient (Wildman–Crippen LogP) is 2.59. The average molecular weight is 612 g/mol. The molecular formula is C19H22I2N2O5. The normalized spacial score (nSPS) is 13.6. The molecule has 0 spiro atoms. The van der Waals surface area contributed by atoms with E-state index < -0.39 is 23.5 Å². The highest BCUT2D eigenvalue weighted by Crippen LogP contribution is 2.20. The topological polar surface area (TPSA) is 147 Å². The summed E-state index contributed by atoms with van der Waals surface area (Å²) in [5.74, 6) is -1.80. The van der Waals surface area contributed by atoms with Crippen molar-refractivity contribution < 1.29 is 24.9 Å². The second-order valence-electron chi connectivity index (χ2n) is 6.46. The Kier molecular flexibility index (Phi) is 9.60. The summed E-state index contributed by atoms with van der Waals surface area (Å²) in [7, 11) is 0. The van der Waals surface area contributed by atoms with Crippen LogP contribution in [0.1, 0.15) is 18.1 Å². The Morgan fingerprint density at radius 3 is 2.25 bits per heavy atom. The number of hydrogen-bond donors (Lipinski definition) is 5. The van der Waals surface area contributed by atoms with Crippen LogP contribution in [0.5, 0.6) is 5.75 Å². The van der Waals surface area contributed by atoms with E-state index in [9.17, 15) is 14.7 Å². The van der Waals surface area contributed by atoms with Crippen LogP contribution in [-0.4, -0.2) is 38.8 Å². The quantitative estimate of drug-likeness (QED) is 0.316. The Morgan fingerprint density at radius 1 is 1.11 bits per heavy atom. The Morgan fingerprint density at radius 2 is 1.75 bits per heavy atom. The van der Waals surface area contributed by atoms with E-state index in [2.05, 4.69) is 22.6 Å². The maximum Gasteiger partial charge on any atom is 0.323 e. The molecule has 0 bridgehead atoms. The maximum absolute atomic E-state index is 10.8. The lowest BCUT2D eigenvalue weighted by Gasteiger charge is -2.18. The highest BCUT2D eigenvalue weighted by atomic mass is 127. The molecule has 2 aromatic rings. The molecule has 152 valence electrons. The van der Waals surface area contributed by atoms with E-state index in [-0.39, 0.29) is 12.2 Å². The van der Waals surface area contributed by atoms with E-state index in [4.69, 9.17) is 21.7 Å². The fourth-order valence-corrected chi connectivity index (χ4v) is 3.35. The van der Waals surface area contributed by atoms with Crippen molar-refractivity contribution in [3.8, 4) is 5.75 Å². The van der Waals surface area contributed by atoms with Gasteiger partial charge in [0.15, 0.2) is 0 Å². The fraction of sp³-hybridized carbons (Fsp3) is 0.263. The van der Waals surface area contributed by atoms with Crippen LogP contribution in [0.4, 0.5) is 0 Å². The largest absolute Gasteiger partial charge is 0.507 e. The molecule has 9 heteroatoms. The van der Waals surface area contributed by atoms with Crippen molar-refractivity contribution in [2.45, 2.75) is 31.3 Å². The summed E-state index contributed by atoms with van der Waals surface area (Å²) in [6, 6.07) is 11.7. The molecule has 0 saturated carbocycles. The lowest BCUT2D eigenvalue weighted by Crippen LogP contribution is -2.46. The molecular weight excluding hydrogens is 590 g/mol. The van der Waals surface area contributed by atoms with Crippen LogP contribution in [0.25, 0.3) is 0 Å². The molecule has 2 aromatic carbocycles. The van der Waals surface area contributed by atoms with Gasteiger partial charge in [-0.1, -0.05) is 18.2 Å². The molecule has 0 amide bonds. The third kappa shape index (κ3) is 8.29. The third-order valence-corrected chi connectivity index (χ3v) is 5.27. The number of rotatable bonds is 6. The van der Waals surface area contributed by atoms with Gasteiger partial charge >= 0.3 is 11.9 Å². The summed E-state index contributed by atoms with van der Waals surface area (Å²) in [6.07, 6.45) is 0.616. The molecule has 7 N–H and O–H groups in total. The third-order valence-electron chi connectivity index (χ3n) is 3.73. The van der Waals surface area contributed by atoms with Crippen molar-refractivity contribution in [1.82, 2.24) is 0 Å². The first-order valence-electron chi connectivity index (χ1n) is 8.15. The van der Waals surface area contributed by atoms with E-state index in [1.165, 1.54) is 13.0 Å². The van der Waals surface area contributed by atoms with Gasteiger partial charge in [0.25, 0.3) is 0 Å². The Bertz CT molecular complexity index is 843. The van der Waals surface area contributed by atoms with Crippen molar-refractivity contribution in [3.05, 3.63) is 60.7 Å². The number of aromatic hydroxyl groups is 1. The summed E-state index contributed by atoms with van der Waals surface area (Å²) >= 11 is 4.16. The number of aliphatic carboxylic acids is 2. The number of benzene rings is 2. The van der Waals surface area contributed by atoms with Crippen molar-refractivity contribution in [1.29, 1.82) is 0 Å². The Hall–Kier alpha value is -1.44. The molecule has 0 aliphatic rings. The number of carbonyl (C=O) groups is 2. The number of hydrogen-bond acceptors (Lipinski definition) is 5. The lowest BCUT2D eigenvalue weighted by molar-refractivity contribution is -0.142. The van der Waals surface area contributed by atoms with Crippen molar-refractivity contribution in [2.24, 2.45) is 11.5 Å². The van der Waals surface area contributed by atoms with E-state index in [1.807, 2.05) is 46.9 Å². The van der Waals surface area contributed by atoms with Gasteiger partial charge in [0.05, 0.1) is 3.57 Å². The monoisotopic (exact) mass is 612 g/mol. The summed E-state index contributed by atoms with van der Waals surface area (Å²) in [5.41, 5.74) is 11.6. The number of halogens is 2. The zero-order valence-corrected chi connectivity index (χ0v) is 19.4. The van der Waals surface area contributed by atoms with E-state index >= 15 is 0 Å². The van der Waals surface area contributed by atoms with E-state index in [0.29, 0.717) is 9.99 Å². The number of carboxylic acid groups (broad SMARTS) is 2. The van der Waals surface area contributed by atoms with Gasteiger partial charge in [0.2, 0.25) is 0 Å². The maximum atomic E-state index is 10.8. The highest BCUT2D eigenvalue weighted by Gasteiger charge is 2.27. The van der Waals surface area contributed by atoms with Gasteiger partial charge in [-0.3, -0.25) is 9.59 Å². The number of phenolic OH excluding ortho intramolecular Hbond substituents is 1. The molecule has 28 heavy (non-hydrogen) atoms. The lowest BCUT2D eigenvalue weighted by atomic mass is 9.94. The first-order chi connectivity index (χ1) is 12.9. The Balaban J connectivity index is 0.000000280. The van der Waals surface area contributed by atoms with E-state index in [1.54, 1.807) is 12.1 Å². The SMILES string of the molecule is C[C@](N)(Cc1cccc(I)c1)C(=O)O.N[C@@H](Cc1ccc(O)c(I)c1)C(=O)O. The van der Waals surface area contributed by atoms with Crippen molar-refractivity contribution in [3.63, 3.8) is 0 Å². The second-order valence-corrected chi connectivity index (χ2v) is 8.87. The minimum atomic E-state index is -1.19. The molecule has 0 aromatic heterocycles. The van der Waals surface area contributed by atoms with Crippen molar-refractivity contribution in [2.75, 3.05) is 0 Å². The predicted molar refractivity (Wildman–Crippen MR) is 123 cm³/mol. The zero-order chi connectivity index (χ0) is 21.5. The number of nitrogens with two attached hydrogens (primary N) is 2. The van der Waals surface area contributed by atoms with Gasteiger partial charge in [-0.25, -0.2) is 0 Å². The molecule has 2 atom stereocenters. The second kappa shape index (κ2) is 10.9. The van der Waals surface area contributed by atoms with Gasteiger partial charge < -0.3 is 26.8 Å². The van der Waals surface area contributed by atoms with E-state index in [0.717, 1.165) is 14.7 Å². The van der Waals surface area contributed by atoms with Crippen LogP contribution in [0.2, 0.25) is 0 Å². The minimum absolute atomic E-state index is 0.193. The number of carboxylic acids is 2. The summed E-state index contributed by atoms with van der Waals surface area (Å²) < 4.78 is 1.78. The first kappa shape index (κ1) is 24.6. The van der Waals surface area contributed by atoms with Gasteiger partial charge in [-0.05, 0) is 93.9 Å². The number of phenols is 1. The first-order valence-corrected chi connectivity index (χ1v) is 10.3. The highest BCUT2D eigenvalue weighted by molar-refractivity contribution is 14.1. The molecule has 0 fully saturated rings. The smallest absolute Gasteiger partial charge is 0.323 e. The van der Waals surface area contributed by atoms with Gasteiger partial charge in [-0.15, -0.1) is 0 Å². The van der Waals surface area contributed by atoms with Crippen LogP contribution in [0.15, 0.2) is 42.5 Å². The molecule has 0 aliphatic carbocycles. The molecule has 7 nitrogen and oxygen atoms in total. The summed E-state index contributed by atoms with van der Waals surface area (Å²) in [5, 5.41) is 26.7. The Labute approximate surface area is 190 Å². The van der Waals surface area contributed by atoms with Crippen LogP contribution in [-0.2, 0) is 22.4 Å². The van der Waals surface area contributed by atoms with Gasteiger partial charge in [-0.2, -0.15) is 0 Å². The summed E-state index contributed by atoms with van der Waals surface area (Å²) in [6.45, 7) is 1.52.